The van der Waals surface area contributed by atoms with Crippen molar-refractivity contribution in [1.82, 2.24) is 0 Å². The third kappa shape index (κ3) is 3.16. The summed E-state index contributed by atoms with van der Waals surface area (Å²) >= 11 is 0. The number of benzene rings is 1. The second kappa shape index (κ2) is 4.99. The molecule has 70 valence electrons. The van der Waals surface area contributed by atoms with Crippen LogP contribution in [0.3, 0.4) is 0 Å². The molecule has 3 nitrogen and oxygen atoms in total. The molecule has 1 aromatic carbocycles. The molecule has 0 fully saturated rings. The molecule has 0 saturated carbocycles. The van der Waals surface area contributed by atoms with Crippen molar-refractivity contribution in [2.45, 2.75) is 11.8 Å². The maximum Gasteiger partial charge on any atom is 0.352 e. The number of hydrogen-bond acceptors (Lipinski definition) is 4. The SMILES string of the molecule is CC(=O)OOc1ccccc1SCl. The average molecular weight is 219 g/mol. The van der Waals surface area contributed by atoms with Gasteiger partial charge in [0.1, 0.15) is 0 Å². The van der Waals surface area contributed by atoms with Gasteiger partial charge < -0.3 is 0 Å². The lowest BCUT2D eigenvalue weighted by molar-refractivity contribution is -0.211. The van der Waals surface area contributed by atoms with Gasteiger partial charge in [-0.15, -0.1) is 0 Å². The average Bonchev–Trinajstić information content (AvgIpc) is 2.15. The molecule has 0 aromatic heterocycles. The highest BCUT2D eigenvalue weighted by Gasteiger charge is 2.04. The highest BCUT2D eigenvalue weighted by molar-refractivity contribution is 8.21. The molecular formula is C8H7ClO3S. The Bertz CT molecular complexity index is 303. The van der Waals surface area contributed by atoms with Crippen LogP contribution in [0, 0.1) is 0 Å². The van der Waals surface area contributed by atoms with Gasteiger partial charge in [-0.2, -0.15) is 0 Å². The Kier molecular flexibility index (Phi) is 3.92. The van der Waals surface area contributed by atoms with Crippen molar-refractivity contribution in [3.05, 3.63) is 24.3 Å². The largest absolute Gasteiger partial charge is 0.352 e. The van der Waals surface area contributed by atoms with E-state index in [9.17, 15) is 4.79 Å². The zero-order valence-corrected chi connectivity index (χ0v) is 8.39. The van der Waals surface area contributed by atoms with Crippen LogP contribution in [0.25, 0.3) is 0 Å². The molecule has 0 aliphatic heterocycles. The number of halogens is 1. The Morgan fingerprint density at radius 1 is 1.46 bits per heavy atom. The third-order valence-electron chi connectivity index (χ3n) is 1.18. The highest BCUT2D eigenvalue weighted by Crippen LogP contribution is 2.31. The smallest absolute Gasteiger partial charge is 0.286 e. The molecule has 0 bridgehead atoms. The van der Waals surface area contributed by atoms with Gasteiger partial charge in [0.05, 0.1) is 4.90 Å². The van der Waals surface area contributed by atoms with Crippen LogP contribution in [0.4, 0.5) is 0 Å². The summed E-state index contributed by atoms with van der Waals surface area (Å²) in [6, 6.07) is 6.99. The summed E-state index contributed by atoms with van der Waals surface area (Å²) in [6.45, 7) is 1.26. The van der Waals surface area contributed by atoms with Crippen molar-refractivity contribution in [2.75, 3.05) is 0 Å². The topological polar surface area (TPSA) is 35.5 Å². The molecule has 0 unspecified atom stereocenters. The maximum atomic E-state index is 10.4. The number of hydrogen-bond donors (Lipinski definition) is 0. The molecule has 0 aliphatic carbocycles. The molecule has 0 aliphatic rings. The fourth-order valence-corrected chi connectivity index (χ4v) is 1.38. The third-order valence-corrected chi connectivity index (χ3v) is 2.18. The summed E-state index contributed by atoms with van der Waals surface area (Å²) in [7, 11) is 6.55. The first-order valence-corrected chi connectivity index (χ1v) is 5.11. The van der Waals surface area contributed by atoms with Crippen molar-refractivity contribution in [3.8, 4) is 5.75 Å². The number of rotatable bonds is 3. The Morgan fingerprint density at radius 3 is 2.77 bits per heavy atom. The number of carbonyl (C=O) groups is 1. The summed E-state index contributed by atoms with van der Waals surface area (Å²) in [5, 5.41) is 0. The maximum absolute atomic E-state index is 10.4. The van der Waals surface area contributed by atoms with Crippen molar-refractivity contribution < 1.29 is 14.6 Å². The van der Waals surface area contributed by atoms with Gasteiger partial charge in [-0.25, -0.2) is 4.79 Å². The van der Waals surface area contributed by atoms with Gasteiger partial charge >= 0.3 is 5.97 Å². The molecule has 0 N–H and O–H groups in total. The second-order valence-corrected chi connectivity index (χ2v) is 3.24. The van der Waals surface area contributed by atoms with Crippen LogP contribution < -0.4 is 4.89 Å². The molecule has 1 rings (SSSR count). The molecular weight excluding hydrogens is 212 g/mol. The van der Waals surface area contributed by atoms with Gasteiger partial charge in [0, 0.05) is 6.92 Å². The lowest BCUT2D eigenvalue weighted by Gasteiger charge is -2.04. The van der Waals surface area contributed by atoms with Crippen LogP contribution in [0.1, 0.15) is 6.92 Å². The summed E-state index contributed by atoms with van der Waals surface area (Å²) in [6.07, 6.45) is 0. The molecule has 0 spiro atoms. The van der Waals surface area contributed by atoms with Crippen LogP contribution in [0.5, 0.6) is 5.75 Å². The van der Waals surface area contributed by atoms with Gasteiger partial charge in [-0.1, -0.05) is 12.1 Å². The van der Waals surface area contributed by atoms with E-state index < -0.39 is 5.97 Å². The van der Waals surface area contributed by atoms with E-state index in [2.05, 4.69) is 4.89 Å². The highest BCUT2D eigenvalue weighted by atomic mass is 35.7. The summed E-state index contributed by atoms with van der Waals surface area (Å²) < 4.78 is 0. The summed E-state index contributed by atoms with van der Waals surface area (Å²) in [5.41, 5.74) is 0. The fraction of sp³-hybridized carbons (Fsp3) is 0.125. The monoisotopic (exact) mass is 218 g/mol. The fourth-order valence-electron chi connectivity index (χ4n) is 0.686. The molecule has 5 heteroatoms. The standard InChI is InChI=1S/C8H7ClO3S/c1-6(10)11-12-7-4-2-3-5-8(7)13-9/h2-5H,1H3. The minimum Gasteiger partial charge on any atom is -0.286 e. The minimum atomic E-state index is -0.505. The van der Waals surface area contributed by atoms with E-state index in [1.807, 2.05) is 6.07 Å². The van der Waals surface area contributed by atoms with E-state index in [0.717, 1.165) is 11.0 Å². The van der Waals surface area contributed by atoms with E-state index in [-0.39, 0.29) is 0 Å². The molecule has 0 radical (unpaired) electrons. The van der Waals surface area contributed by atoms with E-state index >= 15 is 0 Å². The molecule has 0 atom stereocenters. The zero-order valence-electron chi connectivity index (χ0n) is 6.82. The first-order valence-electron chi connectivity index (χ1n) is 3.46. The van der Waals surface area contributed by atoms with Gasteiger partial charge in [0.2, 0.25) is 0 Å². The molecule has 0 amide bonds. The van der Waals surface area contributed by atoms with Gasteiger partial charge in [-0.05, 0) is 33.8 Å². The van der Waals surface area contributed by atoms with Crippen molar-refractivity contribution in [1.29, 1.82) is 0 Å². The quantitative estimate of drug-likeness (QED) is 0.577. The normalized spacial score (nSPS) is 9.38. The summed E-state index contributed by atoms with van der Waals surface area (Å²) in [5.74, 6) is -0.0768. The van der Waals surface area contributed by atoms with Crippen LogP contribution >= 0.6 is 21.7 Å². The lowest BCUT2D eigenvalue weighted by Crippen LogP contribution is -2.03. The number of para-hydroxylation sites is 1. The molecule has 0 heterocycles. The minimum absolute atomic E-state index is 0.428. The van der Waals surface area contributed by atoms with Crippen molar-refractivity contribution in [3.63, 3.8) is 0 Å². The predicted octanol–water partition coefficient (Wildman–Crippen LogP) is 2.79. The van der Waals surface area contributed by atoms with Crippen molar-refractivity contribution in [2.24, 2.45) is 0 Å². The Hall–Kier alpha value is -0.870. The van der Waals surface area contributed by atoms with Gasteiger partial charge in [0.25, 0.3) is 0 Å². The van der Waals surface area contributed by atoms with E-state index in [4.69, 9.17) is 15.6 Å². The predicted molar refractivity (Wildman–Crippen MR) is 50.5 cm³/mol. The second-order valence-electron chi connectivity index (χ2n) is 2.18. The molecule has 13 heavy (non-hydrogen) atoms. The number of carbonyl (C=O) groups excluding carboxylic acids is 1. The van der Waals surface area contributed by atoms with Crippen LogP contribution in [-0.4, -0.2) is 5.97 Å². The van der Waals surface area contributed by atoms with Crippen LogP contribution in [0.2, 0.25) is 0 Å². The van der Waals surface area contributed by atoms with Gasteiger partial charge in [0.15, 0.2) is 5.75 Å². The summed E-state index contributed by atoms with van der Waals surface area (Å²) in [4.78, 5) is 20.2. The Morgan fingerprint density at radius 2 is 2.15 bits per heavy atom. The molecule has 0 saturated heterocycles. The first kappa shape index (κ1) is 10.2. The Labute approximate surface area is 84.4 Å². The zero-order chi connectivity index (χ0) is 9.68. The Balaban J connectivity index is 2.69. The first-order chi connectivity index (χ1) is 6.24. The lowest BCUT2D eigenvalue weighted by atomic mass is 10.3. The molecule has 1 aromatic rings. The van der Waals surface area contributed by atoms with Gasteiger partial charge in [-0.3, -0.25) is 9.78 Å². The van der Waals surface area contributed by atoms with Crippen molar-refractivity contribution >= 4 is 27.6 Å². The van der Waals surface area contributed by atoms with E-state index in [1.165, 1.54) is 6.92 Å². The van der Waals surface area contributed by atoms with Crippen LogP contribution in [-0.2, 0) is 9.68 Å². The van der Waals surface area contributed by atoms with E-state index in [0.29, 0.717) is 10.6 Å². The van der Waals surface area contributed by atoms with E-state index in [1.54, 1.807) is 18.2 Å². The van der Waals surface area contributed by atoms with Crippen LogP contribution in [0.15, 0.2) is 29.2 Å².